The number of pyridine rings is 1. The van der Waals surface area contributed by atoms with Gasteiger partial charge in [0.05, 0.1) is 11.8 Å². The maximum Gasteiger partial charge on any atom is 0.244 e. The van der Waals surface area contributed by atoms with Gasteiger partial charge < -0.3 is 10.4 Å². The Balaban J connectivity index is 2.14. The van der Waals surface area contributed by atoms with E-state index in [0.29, 0.717) is 37.9 Å². The molecular weight excluding hydrogens is 278 g/mol. The van der Waals surface area contributed by atoms with E-state index in [2.05, 4.69) is 15.0 Å². The van der Waals surface area contributed by atoms with Crippen LogP contribution in [0.15, 0.2) is 23.4 Å². The Kier molecular flexibility index (Phi) is 4.95. The second kappa shape index (κ2) is 6.51. The van der Waals surface area contributed by atoms with Crippen LogP contribution in [0.5, 0.6) is 0 Å². The summed E-state index contributed by atoms with van der Waals surface area (Å²) < 4.78 is 27.6. The number of aliphatic hydroxyl groups is 1. The molecule has 1 aliphatic carbocycles. The van der Waals surface area contributed by atoms with Crippen molar-refractivity contribution in [1.29, 1.82) is 0 Å². The van der Waals surface area contributed by atoms with Crippen LogP contribution in [0.25, 0.3) is 0 Å². The molecule has 0 spiro atoms. The van der Waals surface area contributed by atoms with Gasteiger partial charge in [-0.05, 0) is 38.7 Å². The molecule has 1 aromatic heterocycles. The van der Waals surface area contributed by atoms with Crippen LogP contribution >= 0.6 is 0 Å². The Morgan fingerprint density at radius 2 is 2.05 bits per heavy atom. The maximum absolute atomic E-state index is 12.4. The van der Waals surface area contributed by atoms with Gasteiger partial charge in [0, 0.05) is 25.0 Å². The van der Waals surface area contributed by atoms with Gasteiger partial charge in [-0.2, -0.15) is 0 Å². The van der Waals surface area contributed by atoms with E-state index in [-0.39, 0.29) is 17.0 Å². The summed E-state index contributed by atoms with van der Waals surface area (Å²) in [4.78, 5) is 4.07. The first-order valence-corrected chi connectivity index (χ1v) is 8.39. The summed E-state index contributed by atoms with van der Waals surface area (Å²) in [6.07, 6.45) is 5.23. The summed E-state index contributed by atoms with van der Waals surface area (Å²) in [5, 5.41) is 12.5. The molecule has 1 aromatic rings. The molecule has 6 nitrogen and oxygen atoms in total. The number of hydrogen-bond donors (Lipinski definition) is 3. The fourth-order valence-electron chi connectivity index (χ4n) is 2.41. The Hall–Kier alpha value is -1.18. The number of nitrogens with one attached hydrogen (secondary N) is 2. The molecule has 0 aromatic carbocycles. The van der Waals surface area contributed by atoms with Crippen LogP contribution in [0.2, 0.25) is 0 Å². The lowest BCUT2D eigenvalue weighted by atomic mass is 9.94. The molecule has 112 valence electrons. The Morgan fingerprint density at radius 3 is 2.70 bits per heavy atom. The molecule has 0 radical (unpaired) electrons. The number of hydrogen-bond acceptors (Lipinski definition) is 5. The van der Waals surface area contributed by atoms with E-state index < -0.39 is 10.0 Å². The molecule has 3 N–H and O–H groups in total. The fraction of sp³-hybridized carbons (Fsp3) is 0.615. The number of rotatable bonds is 5. The van der Waals surface area contributed by atoms with Crippen LogP contribution in [0.1, 0.15) is 32.6 Å². The minimum absolute atomic E-state index is 0.113. The van der Waals surface area contributed by atoms with Crippen LogP contribution in [-0.2, 0) is 10.0 Å². The molecule has 0 bridgehead atoms. The van der Waals surface area contributed by atoms with Crippen molar-refractivity contribution < 1.29 is 13.5 Å². The summed E-state index contributed by atoms with van der Waals surface area (Å²) in [5.74, 6) is 0. The molecule has 0 aliphatic heterocycles. The van der Waals surface area contributed by atoms with E-state index in [4.69, 9.17) is 0 Å². The summed E-state index contributed by atoms with van der Waals surface area (Å²) in [6.45, 7) is 2.55. The average molecular weight is 299 g/mol. The van der Waals surface area contributed by atoms with Crippen LogP contribution < -0.4 is 10.0 Å². The van der Waals surface area contributed by atoms with Crippen molar-refractivity contribution in [2.45, 2.75) is 49.6 Å². The number of sulfonamides is 1. The van der Waals surface area contributed by atoms with E-state index in [1.165, 1.54) is 6.20 Å². The highest BCUT2D eigenvalue weighted by Crippen LogP contribution is 2.23. The van der Waals surface area contributed by atoms with Crippen molar-refractivity contribution >= 4 is 15.7 Å². The largest absolute Gasteiger partial charge is 0.393 e. The van der Waals surface area contributed by atoms with E-state index >= 15 is 0 Å². The summed E-state index contributed by atoms with van der Waals surface area (Å²) in [6, 6.07) is 1.54. The number of aromatic nitrogens is 1. The van der Waals surface area contributed by atoms with Crippen molar-refractivity contribution in [3.8, 4) is 0 Å². The van der Waals surface area contributed by atoms with Gasteiger partial charge in [-0.25, -0.2) is 13.1 Å². The first kappa shape index (κ1) is 15.2. The highest BCUT2D eigenvalue weighted by molar-refractivity contribution is 7.89. The SMILES string of the molecule is CCNc1ccncc1S(=O)(=O)NC1CCC(O)CC1. The van der Waals surface area contributed by atoms with Gasteiger partial charge in [0.2, 0.25) is 10.0 Å². The van der Waals surface area contributed by atoms with Gasteiger partial charge >= 0.3 is 0 Å². The standard InChI is InChI=1S/C13H21N3O3S/c1-2-15-12-7-8-14-9-13(12)20(18,19)16-10-3-5-11(17)6-4-10/h7-11,16-17H,2-6H2,1H3,(H,14,15). The van der Waals surface area contributed by atoms with Gasteiger partial charge in [0.15, 0.2) is 0 Å². The van der Waals surface area contributed by atoms with Crippen molar-refractivity contribution in [3.63, 3.8) is 0 Å². The zero-order chi connectivity index (χ0) is 14.6. The second-order valence-corrected chi connectivity index (χ2v) is 6.71. The first-order chi connectivity index (χ1) is 9.53. The number of nitrogens with zero attached hydrogens (tertiary/aromatic N) is 1. The predicted molar refractivity (Wildman–Crippen MR) is 77.0 cm³/mol. The number of aliphatic hydroxyl groups excluding tert-OH is 1. The normalized spacial score (nSPS) is 23.5. The third kappa shape index (κ3) is 3.68. The Labute approximate surface area is 119 Å². The first-order valence-electron chi connectivity index (χ1n) is 6.91. The summed E-state index contributed by atoms with van der Waals surface area (Å²) in [7, 11) is -3.59. The van der Waals surface area contributed by atoms with Crippen molar-refractivity contribution in [2.24, 2.45) is 0 Å². The van der Waals surface area contributed by atoms with Crippen LogP contribution in [0.4, 0.5) is 5.69 Å². The van der Waals surface area contributed by atoms with Crippen molar-refractivity contribution in [3.05, 3.63) is 18.5 Å². The smallest absolute Gasteiger partial charge is 0.244 e. The highest BCUT2D eigenvalue weighted by atomic mass is 32.2. The third-order valence-corrected chi connectivity index (χ3v) is 5.01. The zero-order valence-corrected chi connectivity index (χ0v) is 12.4. The van der Waals surface area contributed by atoms with Crippen LogP contribution in [0, 0.1) is 0 Å². The van der Waals surface area contributed by atoms with Gasteiger partial charge in [0.1, 0.15) is 4.90 Å². The average Bonchev–Trinajstić information content (AvgIpc) is 2.42. The van der Waals surface area contributed by atoms with Crippen LogP contribution in [-0.4, -0.2) is 37.2 Å². The summed E-state index contributed by atoms with van der Waals surface area (Å²) >= 11 is 0. The van der Waals surface area contributed by atoms with Crippen molar-refractivity contribution in [1.82, 2.24) is 9.71 Å². The quantitative estimate of drug-likeness (QED) is 0.757. The lowest BCUT2D eigenvalue weighted by Crippen LogP contribution is -2.38. The maximum atomic E-state index is 12.4. The minimum Gasteiger partial charge on any atom is -0.393 e. The molecule has 0 saturated heterocycles. The molecule has 20 heavy (non-hydrogen) atoms. The number of anilines is 1. The van der Waals surface area contributed by atoms with Gasteiger partial charge in [-0.3, -0.25) is 4.98 Å². The second-order valence-electron chi connectivity index (χ2n) is 5.03. The minimum atomic E-state index is -3.59. The molecule has 1 saturated carbocycles. The lowest BCUT2D eigenvalue weighted by Gasteiger charge is -2.26. The van der Waals surface area contributed by atoms with E-state index in [1.54, 1.807) is 12.3 Å². The van der Waals surface area contributed by atoms with Gasteiger partial charge in [-0.15, -0.1) is 0 Å². The van der Waals surface area contributed by atoms with E-state index in [1.807, 2.05) is 6.92 Å². The molecule has 1 heterocycles. The van der Waals surface area contributed by atoms with Crippen LogP contribution in [0.3, 0.4) is 0 Å². The third-order valence-electron chi connectivity index (χ3n) is 3.46. The fourth-order valence-corrected chi connectivity index (χ4v) is 3.84. The molecule has 7 heteroatoms. The summed E-state index contributed by atoms with van der Waals surface area (Å²) in [5.41, 5.74) is 0.561. The molecule has 1 aliphatic rings. The topological polar surface area (TPSA) is 91.3 Å². The highest BCUT2D eigenvalue weighted by Gasteiger charge is 2.26. The van der Waals surface area contributed by atoms with Gasteiger partial charge in [-0.1, -0.05) is 0 Å². The van der Waals surface area contributed by atoms with Gasteiger partial charge in [0.25, 0.3) is 0 Å². The lowest BCUT2D eigenvalue weighted by molar-refractivity contribution is 0.120. The zero-order valence-electron chi connectivity index (χ0n) is 11.5. The Morgan fingerprint density at radius 1 is 1.35 bits per heavy atom. The molecule has 0 atom stereocenters. The molecule has 0 unspecified atom stereocenters. The van der Waals surface area contributed by atoms with E-state index in [0.717, 1.165) is 0 Å². The van der Waals surface area contributed by atoms with E-state index in [9.17, 15) is 13.5 Å². The monoisotopic (exact) mass is 299 g/mol. The Bertz CT molecular complexity index is 540. The molecule has 2 rings (SSSR count). The predicted octanol–water partition coefficient (Wildman–Crippen LogP) is 1.10. The molecule has 0 amide bonds. The molecule has 1 fully saturated rings. The van der Waals surface area contributed by atoms with Crippen molar-refractivity contribution in [2.75, 3.05) is 11.9 Å². The molecular formula is C13H21N3O3S.